The van der Waals surface area contributed by atoms with E-state index in [2.05, 4.69) is 15.3 Å². The fourth-order valence-corrected chi connectivity index (χ4v) is 1.56. The number of aliphatic hydroxyl groups is 1. The Bertz CT molecular complexity index is 408. The molecule has 0 spiro atoms. The van der Waals surface area contributed by atoms with Crippen LogP contribution < -0.4 is 0 Å². The van der Waals surface area contributed by atoms with Crippen LogP contribution in [-0.2, 0) is 6.61 Å². The van der Waals surface area contributed by atoms with Gasteiger partial charge in [-0.3, -0.25) is 0 Å². The summed E-state index contributed by atoms with van der Waals surface area (Å²) in [4.78, 5) is 0. The molecule has 13 heavy (non-hydrogen) atoms. The highest BCUT2D eigenvalue weighted by atomic mass is 32.1. The highest BCUT2D eigenvalue weighted by molar-refractivity contribution is 7.13. The van der Waals surface area contributed by atoms with Gasteiger partial charge in [-0.2, -0.15) is 5.10 Å². The maximum Gasteiger partial charge on any atom is 0.232 e. The van der Waals surface area contributed by atoms with E-state index in [0.29, 0.717) is 10.1 Å². The summed E-state index contributed by atoms with van der Waals surface area (Å²) in [5.41, 5.74) is 0.931. The number of nitrogens with zero attached hydrogens (tertiary/aromatic N) is 4. The lowest BCUT2D eigenvalue weighted by Crippen LogP contribution is -1.93. The summed E-state index contributed by atoms with van der Waals surface area (Å²) < 4.78 is 1.64. The second-order valence-corrected chi connectivity index (χ2v) is 3.58. The van der Waals surface area contributed by atoms with E-state index in [-0.39, 0.29) is 6.61 Å². The number of hydrogen-bond acceptors (Lipinski definition) is 5. The minimum absolute atomic E-state index is 0.0715. The molecule has 0 bridgehead atoms. The summed E-state index contributed by atoms with van der Waals surface area (Å²) in [5.74, 6) is 0. The Kier molecular flexibility index (Phi) is 2.07. The first-order chi connectivity index (χ1) is 6.29. The number of aliphatic hydroxyl groups excluding tert-OH is 1. The van der Waals surface area contributed by atoms with Crippen LogP contribution in [0.3, 0.4) is 0 Å². The number of hydrogen-bond donors (Lipinski definition) is 1. The number of rotatable bonds is 2. The largest absolute Gasteiger partial charge is 0.389 e. The third-order valence-corrected chi connectivity index (χ3v) is 2.41. The van der Waals surface area contributed by atoms with Crippen molar-refractivity contribution >= 4 is 11.3 Å². The van der Waals surface area contributed by atoms with E-state index < -0.39 is 0 Å². The molecule has 1 N–H and O–H groups in total. The second-order valence-electron chi connectivity index (χ2n) is 2.54. The molecule has 2 aromatic heterocycles. The van der Waals surface area contributed by atoms with E-state index in [1.165, 1.54) is 11.3 Å². The minimum Gasteiger partial charge on any atom is -0.389 e. The number of aromatic nitrogens is 4. The smallest absolute Gasteiger partial charge is 0.232 e. The molecule has 68 valence electrons. The van der Waals surface area contributed by atoms with Gasteiger partial charge in [-0.05, 0) is 13.0 Å². The fourth-order valence-electron chi connectivity index (χ4n) is 0.923. The molecule has 0 aliphatic carbocycles. The summed E-state index contributed by atoms with van der Waals surface area (Å²) in [5, 5.41) is 21.9. The summed E-state index contributed by atoms with van der Waals surface area (Å²) in [6.45, 7) is 1.84. The van der Waals surface area contributed by atoms with E-state index in [9.17, 15) is 0 Å². The van der Waals surface area contributed by atoms with Gasteiger partial charge in [0.15, 0.2) is 0 Å². The molecular weight excluding hydrogens is 188 g/mol. The Morgan fingerprint density at radius 2 is 2.38 bits per heavy atom. The zero-order valence-electron chi connectivity index (χ0n) is 7.01. The Morgan fingerprint density at radius 1 is 1.54 bits per heavy atom. The van der Waals surface area contributed by atoms with Crippen molar-refractivity contribution in [3.63, 3.8) is 0 Å². The molecule has 0 aromatic carbocycles. The van der Waals surface area contributed by atoms with Gasteiger partial charge in [0.25, 0.3) is 0 Å². The van der Waals surface area contributed by atoms with Crippen molar-refractivity contribution in [3.8, 4) is 5.13 Å². The maximum atomic E-state index is 8.78. The topological polar surface area (TPSA) is 63.8 Å². The van der Waals surface area contributed by atoms with E-state index in [0.717, 1.165) is 5.69 Å². The normalized spacial score (nSPS) is 10.6. The van der Waals surface area contributed by atoms with Crippen molar-refractivity contribution in [2.45, 2.75) is 13.5 Å². The van der Waals surface area contributed by atoms with Crippen molar-refractivity contribution < 1.29 is 5.11 Å². The van der Waals surface area contributed by atoms with Gasteiger partial charge in [0.05, 0.1) is 12.3 Å². The predicted molar refractivity (Wildman–Crippen MR) is 47.7 cm³/mol. The molecular formula is C7H8N4OS. The Morgan fingerprint density at radius 3 is 2.92 bits per heavy atom. The quantitative estimate of drug-likeness (QED) is 0.760. The van der Waals surface area contributed by atoms with Crippen molar-refractivity contribution in [3.05, 3.63) is 23.0 Å². The van der Waals surface area contributed by atoms with E-state index >= 15 is 0 Å². The van der Waals surface area contributed by atoms with Crippen LogP contribution in [0.4, 0.5) is 0 Å². The van der Waals surface area contributed by atoms with Crippen LogP contribution in [-0.4, -0.2) is 25.1 Å². The van der Waals surface area contributed by atoms with E-state index in [1.54, 1.807) is 4.68 Å². The molecule has 0 radical (unpaired) electrons. The molecule has 2 aromatic rings. The standard InChI is InChI=1S/C7H8N4OS/c1-5-2-3-11(10-5)7-9-8-6(4-12)13-7/h2-3,12H,4H2,1H3. The third kappa shape index (κ3) is 1.58. The van der Waals surface area contributed by atoms with Crippen molar-refractivity contribution in [1.29, 1.82) is 0 Å². The zero-order valence-corrected chi connectivity index (χ0v) is 7.82. The lowest BCUT2D eigenvalue weighted by molar-refractivity contribution is 0.280. The van der Waals surface area contributed by atoms with E-state index in [4.69, 9.17) is 5.11 Å². The Hall–Kier alpha value is -1.27. The summed E-state index contributed by atoms with van der Waals surface area (Å²) in [6, 6.07) is 1.89. The molecule has 5 nitrogen and oxygen atoms in total. The molecule has 0 saturated carbocycles. The summed E-state index contributed by atoms with van der Waals surface area (Å²) in [6.07, 6.45) is 1.82. The summed E-state index contributed by atoms with van der Waals surface area (Å²) >= 11 is 1.33. The SMILES string of the molecule is Cc1ccn(-c2nnc(CO)s2)n1. The molecule has 0 atom stereocenters. The van der Waals surface area contributed by atoms with Crippen LogP contribution >= 0.6 is 11.3 Å². The monoisotopic (exact) mass is 196 g/mol. The molecule has 0 aliphatic rings. The molecule has 0 unspecified atom stereocenters. The van der Waals surface area contributed by atoms with Crippen molar-refractivity contribution in [2.75, 3.05) is 0 Å². The van der Waals surface area contributed by atoms with Crippen molar-refractivity contribution in [2.24, 2.45) is 0 Å². The van der Waals surface area contributed by atoms with Gasteiger partial charge in [-0.15, -0.1) is 10.2 Å². The maximum absolute atomic E-state index is 8.78. The molecule has 0 fully saturated rings. The third-order valence-electron chi connectivity index (χ3n) is 1.51. The zero-order chi connectivity index (χ0) is 9.26. The first-order valence-corrected chi connectivity index (χ1v) is 4.57. The van der Waals surface area contributed by atoms with Crippen LogP contribution in [0.1, 0.15) is 10.7 Å². The van der Waals surface area contributed by atoms with Crippen LogP contribution in [0.15, 0.2) is 12.3 Å². The highest BCUT2D eigenvalue weighted by Gasteiger charge is 2.05. The molecule has 0 saturated heterocycles. The van der Waals surface area contributed by atoms with Crippen LogP contribution in [0.2, 0.25) is 0 Å². The van der Waals surface area contributed by atoms with Crippen LogP contribution in [0.5, 0.6) is 0 Å². The van der Waals surface area contributed by atoms with Gasteiger partial charge >= 0.3 is 0 Å². The van der Waals surface area contributed by atoms with Crippen molar-refractivity contribution in [1.82, 2.24) is 20.0 Å². The van der Waals surface area contributed by atoms with Gasteiger partial charge in [0.2, 0.25) is 5.13 Å². The fraction of sp³-hybridized carbons (Fsp3) is 0.286. The van der Waals surface area contributed by atoms with Gasteiger partial charge in [0.1, 0.15) is 5.01 Å². The van der Waals surface area contributed by atoms with E-state index in [1.807, 2.05) is 19.2 Å². The van der Waals surface area contributed by atoms with Gasteiger partial charge in [0, 0.05) is 6.20 Å². The average Bonchev–Trinajstić information content (AvgIpc) is 2.71. The van der Waals surface area contributed by atoms with Crippen LogP contribution in [0, 0.1) is 6.92 Å². The minimum atomic E-state index is -0.0715. The lowest BCUT2D eigenvalue weighted by Gasteiger charge is -1.90. The van der Waals surface area contributed by atoms with Gasteiger partial charge < -0.3 is 5.11 Å². The second kappa shape index (κ2) is 3.23. The van der Waals surface area contributed by atoms with Gasteiger partial charge in [-0.25, -0.2) is 4.68 Å². The molecule has 2 heterocycles. The predicted octanol–water partition coefficient (Wildman–Crippen LogP) is 0.525. The molecule has 0 amide bonds. The Balaban J connectivity index is 2.35. The highest BCUT2D eigenvalue weighted by Crippen LogP contribution is 2.13. The van der Waals surface area contributed by atoms with Crippen LogP contribution in [0.25, 0.3) is 5.13 Å². The average molecular weight is 196 g/mol. The summed E-state index contributed by atoms with van der Waals surface area (Å²) in [7, 11) is 0. The lowest BCUT2D eigenvalue weighted by atomic mass is 10.5. The molecule has 0 aliphatic heterocycles. The molecule has 2 rings (SSSR count). The number of aryl methyl sites for hydroxylation is 1. The Labute approximate surface area is 78.7 Å². The van der Waals surface area contributed by atoms with Gasteiger partial charge in [-0.1, -0.05) is 11.3 Å². The molecule has 6 heteroatoms. The first-order valence-electron chi connectivity index (χ1n) is 3.75. The first kappa shape index (κ1) is 8.33.